The smallest absolute Gasteiger partial charge is 0.191 e. The molecule has 7 heteroatoms. The molecule has 1 atom stereocenters. The van der Waals surface area contributed by atoms with Gasteiger partial charge < -0.3 is 20.5 Å². The van der Waals surface area contributed by atoms with Crippen molar-refractivity contribution in [3.05, 3.63) is 71.0 Å². The highest BCUT2D eigenvalue weighted by atomic mass is 127. The van der Waals surface area contributed by atoms with E-state index >= 15 is 0 Å². The molecule has 2 aromatic carbocycles. The molecule has 0 aliphatic rings. The van der Waals surface area contributed by atoms with Crippen LogP contribution in [0.3, 0.4) is 0 Å². The fourth-order valence-corrected chi connectivity index (χ4v) is 2.72. The summed E-state index contributed by atoms with van der Waals surface area (Å²) in [6, 6.07) is 14.8. The van der Waals surface area contributed by atoms with Crippen molar-refractivity contribution >= 4 is 29.9 Å². The van der Waals surface area contributed by atoms with Gasteiger partial charge in [0, 0.05) is 25.3 Å². The molecule has 5 nitrogen and oxygen atoms in total. The largest absolute Gasteiger partial charge is 0.392 e. The van der Waals surface area contributed by atoms with Crippen LogP contribution in [0.1, 0.15) is 43.1 Å². The molecule has 160 valence electrons. The van der Waals surface area contributed by atoms with E-state index in [0.717, 1.165) is 25.1 Å². The lowest BCUT2D eigenvalue weighted by Crippen LogP contribution is -2.38. The Labute approximate surface area is 189 Å². The summed E-state index contributed by atoms with van der Waals surface area (Å²) >= 11 is 0. The van der Waals surface area contributed by atoms with Gasteiger partial charge in [-0.3, -0.25) is 0 Å². The molecular formula is C22H31FIN3O2. The van der Waals surface area contributed by atoms with E-state index < -0.39 is 5.82 Å². The maximum Gasteiger partial charge on any atom is 0.191 e. The first-order valence-corrected chi connectivity index (χ1v) is 9.71. The number of ether oxygens (including phenoxy) is 1. The quantitative estimate of drug-likeness (QED) is 0.193. The lowest BCUT2D eigenvalue weighted by Gasteiger charge is -2.15. The molecule has 2 rings (SSSR count). The van der Waals surface area contributed by atoms with E-state index in [1.54, 1.807) is 12.1 Å². The number of halogens is 2. The first kappa shape index (κ1) is 25.3. The topological polar surface area (TPSA) is 65.9 Å². The van der Waals surface area contributed by atoms with Gasteiger partial charge in [-0.05, 0) is 43.5 Å². The molecule has 0 saturated heterocycles. The number of guanidine groups is 1. The van der Waals surface area contributed by atoms with Gasteiger partial charge in [0.2, 0.25) is 0 Å². The number of aliphatic hydroxyl groups excluding tert-OH is 1. The number of hydrogen-bond acceptors (Lipinski definition) is 3. The predicted molar refractivity (Wildman–Crippen MR) is 126 cm³/mol. The van der Waals surface area contributed by atoms with Crippen LogP contribution in [0.2, 0.25) is 0 Å². The minimum Gasteiger partial charge on any atom is -0.392 e. The van der Waals surface area contributed by atoms with Crippen molar-refractivity contribution in [2.24, 2.45) is 4.99 Å². The number of nitrogens with zero attached hydrogens (tertiary/aromatic N) is 1. The lowest BCUT2D eigenvalue weighted by molar-refractivity contribution is 0.0646. The summed E-state index contributed by atoms with van der Waals surface area (Å²) in [6.07, 6.45) is 0.926. The Morgan fingerprint density at radius 1 is 1.17 bits per heavy atom. The van der Waals surface area contributed by atoms with Gasteiger partial charge in [0.1, 0.15) is 5.82 Å². The Kier molecular flexibility index (Phi) is 12.5. The monoisotopic (exact) mass is 515 g/mol. The molecular weight excluding hydrogens is 484 g/mol. The second-order valence-corrected chi connectivity index (χ2v) is 6.48. The molecule has 1 unspecified atom stereocenters. The van der Waals surface area contributed by atoms with Gasteiger partial charge in [-0.25, -0.2) is 9.38 Å². The third kappa shape index (κ3) is 9.10. The zero-order chi connectivity index (χ0) is 20.2. The Morgan fingerprint density at radius 2 is 1.93 bits per heavy atom. The summed E-state index contributed by atoms with van der Waals surface area (Å²) in [4.78, 5) is 4.52. The van der Waals surface area contributed by atoms with Crippen LogP contribution >= 0.6 is 24.0 Å². The molecule has 29 heavy (non-hydrogen) atoms. The van der Waals surface area contributed by atoms with E-state index in [9.17, 15) is 9.50 Å². The molecule has 0 saturated carbocycles. The average molecular weight is 515 g/mol. The predicted octanol–water partition coefficient (Wildman–Crippen LogP) is 4.16. The van der Waals surface area contributed by atoms with Crippen molar-refractivity contribution in [2.75, 3.05) is 19.7 Å². The number of rotatable bonds is 10. The molecule has 0 aliphatic heterocycles. The van der Waals surface area contributed by atoms with E-state index in [1.807, 2.05) is 25.1 Å². The number of aliphatic imine (C=N–C) groups is 1. The van der Waals surface area contributed by atoms with Gasteiger partial charge in [0.05, 0.1) is 19.3 Å². The summed E-state index contributed by atoms with van der Waals surface area (Å²) < 4.78 is 19.3. The highest BCUT2D eigenvalue weighted by Gasteiger charge is 2.05. The highest BCUT2D eigenvalue weighted by Crippen LogP contribution is 2.15. The highest BCUT2D eigenvalue weighted by molar-refractivity contribution is 14.0. The maximum atomic E-state index is 13.5. The SMILES string of the molecule is CCNC(=NCc1ccc(F)c(CO)c1)NCCCOC(C)c1ccccc1.I. The van der Waals surface area contributed by atoms with Crippen LogP contribution in [0, 0.1) is 5.82 Å². The zero-order valence-corrected chi connectivity index (χ0v) is 19.4. The van der Waals surface area contributed by atoms with Crippen LogP contribution in [-0.4, -0.2) is 30.8 Å². The standard InChI is InChI=1S/C22H30FN3O2.HI/c1-3-24-22(26-15-18-10-11-21(23)20(14-18)16-27)25-12-7-13-28-17(2)19-8-5-4-6-9-19;/h4-6,8-11,14,17,27H,3,7,12-13,15-16H2,1-2H3,(H2,24,25,26);1H. The van der Waals surface area contributed by atoms with Gasteiger partial charge in [0.15, 0.2) is 5.96 Å². The van der Waals surface area contributed by atoms with Crippen molar-refractivity contribution in [3.63, 3.8) is 0 Å². The van der Waals surface area contributed by atoms with Gasteiger partial charge in [-0.2, -0.15) is 0 Å². The molecule has 0 radical (unpaired) electrons. The van der Waals surface area contributed by atoms with E-state index in [0.29, 0.717) is 19.1 Å². The van der Waals surface area contributed by atoms with Crippen LogP contribution in [0.5, 0.6) is 0 Å². The van der Waals surface area contributed by atoms with Gasteiger partial charge in [0.25, 0.3) is 0 Å². The maximum absolute atomic E-state index is 13.5. The van der Waals surface area contributed by atoms with Crippen LogP contribution < -0.4 is 10.6 Å². The van der Waals surface area contributed by atoms with E-state index in [1.165, 1.54) is 11.6 Å². The van der Waals surface area contributed by atoms with Crippen molar-refractivity contribution in [3.8, 4) is 0 Å². The van der Waals surface area contributed by atoms with E-state index in [4.69, 9.17) is 4.74 Å². The molecule has 0 aliphatic carbocycles. The average Bonchev–Trinajstić information content (AvgIpc) is 2.73. The molecule has 0 spiro atoms. The normalized spacial score (nSPS) is 12.2. The van der Waals surface area contributed by atoms with E-state index in [2.05, 4.69) is 34.7 Å². The number of hydrogen-bond donors (Lipinski definition) is 3. The van der Waals surface area contributed by atoms with Crippen molar-refractivity contribution in [1.82, 2.24) is 10.6 Å². The summed E-state index contributed by atoms with van der Waals surface area (Å²) in [5, 5.41) is 15.6. The van der Waals surface area contributed by atoms with Gasteiger partial charge in [-0.15, -0.1) is 24.0 Å². The minimum atomic E-state index is -0.398. The van der Waals surface area contributed by atoms with E-state index in [-0.39, 0.29) is 42.3 Å². The number of benzene rings is 2. The van der Waals surface area contributed by atoms with Crippen LogP contribution in [-0.2, 0) is 17.9 Å². The summed E-state index contributed by atoms with van der Waals surface area (Å²) in [7, 11) is 0. The van der Waals surface area contributed by atoms with Gasteiger partial charge in [-0.1, -0.05) is 36.4 Å². The summed E-state index contributed by atoms with van der Waals surface area (Å²) in [5.41, 5.74) is 2.31. The molecule has 0 heterocycles. The molecule has 0 amide bonds. The molecule has 0 fully saturated rings. The van der Waals surface area contributed by atoms with Crippen LogP contribution in [0.25, 0.3) is 0 Å². The van der Waals surface area contributed by atoms with Crippen LogP contribution in [0.4, 0.5) is 4.39 Å². The summed E-state index contributed by atoms with van der Waals surface area (Å²) in [5.74, 6) is 0.304. The fraction of sp³-hybridized carbons (Fsp3) is 0.409. The van der Waals surface area contributed by atoms with Crippen molar-refractivity contribution < 1.29 is 14.2 Å². The van der Waals surface area contributed by atoms with Crippen molar-refractivity contribution in [2.45, 2.75) is 39.5 Å². The van der Waals surface area contributed by atoms with Crippen LogP contribution in [0.15, 0.2) is 53.5 Å². The second-order valence-electron chi connectivity index (χ2n) is 6.48. The number of aliphatic hydroxyl groups is 1. The lowest BCUT2D eigenvalue weighted by atomic mass is 10.1. The zero-order valence-electron chi connectivity index (χ0n) is 17.0. The second kappa shape index (κ2) is 14.3. The minimum absolute atomic E-state index is 0. The molecule has 0 aromatic heterocycles. The van der Waals surface area contributed by atoms with Gasteiger partial charge >= 0.3 is 0 Å². The Hall–Kier alpha value is -1.71. The Morgan fingerprint density at radius 3 is 2.62 bits per heavy atom. The molecule has 0 bridgehead atoms. The Bertz CT molecular complexity index is 744. The Balaban J connectivity index is 0.00000420. The molecule has 3 N–H and O–H groups in total. The third-order valence-electron chi connectivity index (χ3n) is 4.29. The molecule has 2 aromatic rings. The van der Waals surface area contributed by atoms with Crippen molar-refractivity contribution in [1.29, 1.82) is 0 Å². The number of nitrogens with one attached hydrogen (secondary N) is 2. The third-order valence-corrected chi connectivity index (χ3v) is 4.29. The first-order chi connectivity index (χ1) is 13.6. The summed E-state index contributed by atoms with van der Waals surface area (Å²) in [6.45, 7) is 6.28. The fourth-order valence-electron chi connectivity index (χ4n) is 2.72. The first-order valence-electron chi connectivity index (χ1n) is 9.71.